The molecule has 2 nitrogen and oxygen atoms in total. The monoisotopic (exact) mass is 301 g/mol. The van der Waals surface area contributed by atoms with Crippen molar-refractivity contribution in [2.24, 2.45) is 0 Å². The first-order valence-corrected chi connectivity index (χ1v) is 8.45. The van der Waals surface area contributed by atoms with Crippen molar-refractivity contribution in [3.05, 3.63) is 28.8 Å². The van der Waals surface area contributed by atoms with Crippen molar-refractivity contribution in [1.29, 1.82) is 0 Å². The van der Waals surface area contributed by atoms with Gasteiger partial charge in [-0.05, 0) is 49.6 Å². The molecule has 0 amide bonds. The molecule has 1 aromatic rings. The van der Waals surface area contributed by atoms with Crippen LogP contribution in [-0.2, 0) is 0 Å². The van der Waals surface area contributed by atoms with E-state index in [-0.39, 0.29) is 6.04 Å². The molecule has 1 N–H and O–H groups in total. The summed E-state index contributed by atoms with van der Waals surface area (Å²) in [6.45, 7) is 8.11. The van der Waals surface area contributed by atoms with Gasteiger partial charge in [-0.15, -0.1) is 0 Å². The van der Waals surface area contributed by atoms with Gasteiger partial charge >= 0.3 is 0 Å². The SMILES string of the molecule is CCNC(C)c1cc(Cl)ccc1OCCCSCC. The van der Waals surface area contributed by atoms with E-state index in [4.69, 9.17) is 16.3 Å². The minimum absolute atomic E-state index is 0.253. The molecule has 1 atom stereocenters. The fourth-order valence-electron chi connectivity index (χ4n) is 1.89. The molecule has 0 aliphatic heterocycles. The normalized spacial score (nSPS) is 12.4. The van der Waals surface area contributed by atoms with Gasteiger partial charge in [0.1, 0.15) is 5.75 Å². The van der Waals surface area contributed by atoms with Crippen LogP contribution in [0.1, 0.15) is 38.8 Å². The molecule has 0 aromatic heterocycles. The number of ether oxygens (including phenoxy) is 1. The Hall–Kier alpha value is -0.380. The predicted octanol–water partition coefficient (Wildman–Crippen LogP) is 4.53. The zero-order valence-corrected chi connectivity index (χ0v) is 13.6. The average Bonchev–Trinajstić information content (AvgIpc) is 2.40. The number of rotatable bonds is 9. The first-order valence-electron chi connectivity index (χ1n) is 6.92. The van der Waals surface area contributed by atoms with Gasteiger partial charge < -0.3 is 10.1 Å². The molecule has 0 radical (unpaired) electrons. The van der Waals surface area contributed by atoms with E-state index in [2.05, 4.69) is 26.1 Å². The lowest BCUT2D eigenvalue weighted by Crippen LogP contribution is -2.18. The number of hydrogen-bond acceptors (Lipinski definition) is 3. The summed E-state index contributed by atoms with van der Waals surface area (Å²) in [5.41, 5.74) is 1.14. The van der Waals surface area contributed by atoms with Gasteiger partial charge in [0.05, 0.1) is 6.61 Å². The lowest BCUT2D eigenvalue weighted by Gasteiger charge is -2.18. The largest absolute Gasteiger partial charge is 0.493 e. The molecule has 0 spiro atoms. The van der Waals surface area contributed by atoms with Crippen molar-refractivity contribution >= 4 is 23.4 Å². The van der Waals surface area contributed by atoms with E-state index in [1.165, 1.54) is 5.75 Å². The molecule has 0 fully saturated rings. The molecule has 1 unspecified atom stereocenters. The Balaban J connectivity index is 2.60. The van der Waals surface area contributed by atoms with Gasteiger partial charge in [-0.3, -0.25) is 0 Å². The van der Waals surface area contributed by atoms with Crippen molar-refractivity contribution in [2.75, 3.05) is 24.7 Å². The maximum Gasteiger partial charge on any atom is 0.124 e. The molecule has 4 heteroatoms. The van der Waals surface area contributed by atoms with Gasteiger partial charge in [0.15, 0.2) is 0 Å². The van der Waals surface area contributed by atoms with Gasteiger partial charge in [0.2, 0.25) is 0 Å². The van der Waals surface area contributed by atoms with E-state index in [0.29, 0.717) is 0 Å². The number of thioether (sulfide) groups is 1. The topological polar surface area (TPSA) is 21.3 Å². The fourth-order valence-corrected chi connectivity index (χ4v) is 2.68. The van der Waals surface area contributed by atoms with Crippen LogP contribution in [-0.4, -0.2) is 24.7 Å². The third-order valence-corrected chi connectivity index (χ3v) is 4.06. The molecule has 0 saturated carbocycles. The lowest BCUT2D eigenvalue weighted by atomic mass is 10.1. The second-order valence-electron chi connectivity index (χ2n) is 4.36. The first kappa shape index (κ1) is 16.7. The van der Waals surface area contributed by atoms with Crippen LogP contribution in [0, 0.1) is 0 Å². The van der Waals surface area contributed by atoms with Crippen molar-refractivity contribution in [1.82, 2.24) is 5.32 Å². The van der Waals surface area contributed by atoms with E-state index in [0.717, 1.165) is 41.7 Å². The summed E-state index contributed by atoms with van der Waals surface area (Å²) in [4.78, 5) is 0. The summed E-state index contributed by atoms with van der Waals surface area (Å²) in [6, 6.07) is 6.10. The number of benzene rings is 1. The summed E-state index contributed by atoms with van der Waals surface area (Å²) in [6.07, 6.45) is 1.08. The Morgan fingerprint density at radius 2 is 2.16 bits per heavy atom. The van der Waals surface area contributed by atoms with Crippen LogP contribution in [0.5, 0.6) is 5.75 Å². The van der Waals surface area contributed by atoms with Crippen LogP contribution in [0.2, 0.25) is 5.02 Å². The van der Waals surface area contributed by atoms with Gasteiger partial charge in [0.25, 0.3) is 0 Å². The Kier molecular flexibility index (Phi) is 8.35. The van der Waals surface area contributed by atoms with Crippen LogP contribution in [0.4, 0.5) is 0 Å². The van der Waals surface area contributed by atoms with Crippen LogP contribution in [0.25, 0.3) is 0 Å². The van der Waals surface area contributed by atoms with E-state index in [1.807, 2.05) is 30.0 Å². The Morgan fingerprint density at radius 1 is 1.37 bits per heavy atom. The zero-order chi connectivity index (χ0) is 14.1. The van der Waals surface area contributed by atoms with E-state index >= 15 is 0 Å². The molecule has 19 heavy (non-hydrogen) atoms. The van der Waals surface area contributed by atoms with Gasteiger partial charge in [-0.1, -0.05) is 25.4 Å². The maximum atomic E-state index is 6.08. The summed E-state index contributed by atoms with van der Waals surface area (Å²) in [7, 11) is 0. The van der Waals surface area contributed by atoms with Gasteiger partial charge in [0, 0.05) is 16.6 Å². The zero-order valence-electron chi connectivity index (χ0n) is 12.0. The standard InChI is InChI=1S/C15H24ClNOS/c1-4-17-12(3)14-11-13(16)7-8-15(14)18-9-6-10-19-5-2/h7-8,11-12,17H,4-6,9-10H2,1-3H3. The smallest absolute Gasteiger partial charge is 0.124 e. The Labute approximate surface area is 126 Å². The Bertz CT molecular complexity index is 373. The van der Waals surface area contributed by atoms with Crippen molar-refractivity contribution in [3.8, 4) is 5.75 Å². The van der Waals surface area contributed by atoms with E-state index < -0.39 is 0 Å². The summed E-state index contributed by atoms with van der Waals surface area (Å²) in [5.74, 6) is 3.27. The fraction of sp³-hybridized carbons (Fsp3) is 0.600. The molecule has 0 bridgehead atoms. The molecular formula is C15H24ClNOS. The first-order chi connectivity index (χ1) is 9.19. The van der Waals surface area contributed by atoms with Crippen molar-refractivity contribution in [3.63, 3.8) is 0 Å². The van der Waals surface area contributed by atoms with Crippen LogP contribution in [0.15, 0.2) is 18.2 Å². The highest BCUT2D eigenvalue weighted by atomic mass is 35.5. The van der Waals surface area contributed by atoms with Crippen molar-refractivity contribution in [2.45, 2.75) is 33.2 Å². The summed E-state index contributed by atoms with van der Waals surface area (Å²) < 4.78 is 5.89. The number of nitrogens with one attached hydrogen (secondary N) is 1. The predicted molar refractivity (Wildman–Crippen MR) is 86.7 cm³/mol. The molecule has 0 saturated heterocycles. The molecule has 108 valence electrons. The number of halogens is 1. The maximum absolute atomic E-state index is 6.08. The molecular weight excluding hydrogens is 278 g/mol. The molecule has 0 aliphatic carbocycles. The third kappa shape index (κ3) is 6.07. The highest BCUT2D eigenvalue weighted by Gasteiger charge is 2.11. The highest BCUT2D eigenvalue weighted by molar-refractivity contribution is 7.99. The number of hydrogen-bond donors (Lipinski definition) is 1. The summed E-state index contributed by atoms with van der Waals surface area (Å²) >= 11 is 8.03. The lowest BCUT2D eigenvalue weighted by molar-refractivity contribution is 0.312. The van der Waals surface area contributed by atoms with Crippen molar-refractivity contribution < 1.29 is 4.74 Å². The van der Waals surface area contributed by atoms with E-state index in [1.54, 1.807) is 0 Å². The van der Waals surface area contributed by atoms with Gasteiger partial charge in [-0.25, -0.2) is 0 Å². The van der Waals surface area contributed by atoms with Crippen LogP contribution < -0.4 is 10.1 Å². The minimum atomic E-state index is 0.253. The third-order valence-electron chi connectivity index (χ3n) is 2.84. The summed E-state index contributed by atoms with van der Waals surface area (Å²) in [5, 5.41) is 4.16. The highest BCUT2D eigenvalue weighted by Crippen LogP contribution is 2.28. The average molecular weight is 302 g/mol. The van der Waals surface area contributed by atoms with Crippen LogP contribution in [0.3, 0.4) is 0 Å². The molecule has 1 aromatic carbocycles. The van der Waals surface area contributed by atoms with Crippen LogP contribution >= 0.6 is 23.4 Å². The molecule has 0 aliphatic rings. The quantitative estimate of drug-likeness (QED) is 0.677. The molecule has 1 rings (SSSR count). The van der Waals surface area contributed by atoms with Gasteiger partial charge in [-0.2, -0.15) is 11.8 Å². The second-order valence-corrected chi connectivity index (χ2v) is 6.19. The van der Waals surface area contributed by atoms with E-state index in [9.17, 15) is 0 Å². The second kappa shape index (κ2) is 9.51. The minimum Gasteiger partial charge on any atom is -0.493 e. The molecule has 0 heterocycles. The Morgan fingerprint density at radius 3 is 2.84 bits per heavy atom.